The van der Waals surface area contributed by atoms with E-state index >= 15 is 0 Å². The third kappa shape index (κ3) is 4.42. The Morgan fingerprint density at radius 3 is 2.87 bits per heavy atom. The van der Waals surface area contributed by atoms with Crippen LogP contribution in [0, 0.1) is 5.92 Å². The van der Waals surface area contributed by atoms with Crippen molar-refractivity contribution in [3.05, 3.63) is 28.5 Å². The molecular formula is C11H15BrN2O. The van der Waals surface area contributed by atoms with Crippen LogP contribution >= 0.6 is 15.9 Å². The third-order valence-corrected chi connectivity index (χ3v) is 2.41. The van der Waals surface area contributed by atoms with E-state index in [9.17, 15) is 4.79 Å². The number of rotatable bonds is 4. The minimum Gasteiger partial charge on any atom is -0.352 e. The smallest absolute Gasteiger partial charge is 0.252 e. The van der Waals surface area contributed by atoms with Crippen molar-refractivity contribution in [3.63, 3.8) is 0 Å². The number of hydrogen-bond acceptors (Lipinski definition) is 2. The van der Waals surface area contributed by atoms with Crippen LogP contribution in [-0.2, 0) is 0 Å². The molecule has 0 aromatic carbocycles. The number of aromatic nitrogens is 1. The minimum atomic E-state index is -0.0653. The molecular weight excluding hydrogens is 256 g/mol. The predicted octanol–water partition coefficient (Wildman–Crippen LogP) is 2.62. The molecule has 0 saturated heterocycles. The van der Waals surface area contributed by atoms with Gasteiger partial charge in [-0.25, -0.2) is 0 Å². The van der Waals surface area contributed by atoms with Gasteiger partial charge in [0, 0.05) is 23.4 Å². The average Bonchev–Trinajstić information content (AvgIpc) is 2.17. The quantitative estimate of drug-likeness (QED) is 0.914. The first-order chi connectivity index (χ1) is 7.09. The Morgan fingerprint density at radius 1 is 1.53 bits per heavy atom. The average molecular weight is 271 g/mol. The van der Waals surface area contributed by atoms with Gasteiger partial charge in [-0.15, -0.1) is 0 Å². The standard InChI is InChI=1S/C11H15BrN2O/c1-8(2)3-4-14-11(15)9-5-10(12)7-13-6-9/h5-8H,3-4H2,1-2H3,(H,14,15). The van der Waals surface area contributed by atoms with E-state index in [1.54, 1.807) is 18.5 Å². The normalized spacial score (nSPS) is 10.4. The topological polar surface area (TPSA) is 42.0 Å². The second-order valence-electron chi connectivity index (χ2n) is 3.83. The lowest BCUT2D eigenvalue weighted by Gasteiger charge is -2.06. The van der Waals surface area contributed by atoms with Crippen LogP contribution in [0.5, 0.6) is 0 Å². The highest BCUT2D eigenvalue weighted by atomic mass is 79.9. The lowest BCUT2D eigenvalue weighted by atomic mass is 10.1. The summed E-state index contributed by atoms with van der Waals surface area (Å²) in [6.07, 6.45) is 4.22. The number of carbonyl (C=O) groups is 1. The zero-order valence-corrected chi connectivity index (χ0v) is 10.5. The maximum atomic E-state index is 11.6. The van der Waals surface area contributed by atoms with Crippen molar-refractivity contribution < 1.29 is 4.79 Å². The van der Waals surface area contributed by atoms with Crippen LogP contribution in [0.1, 0.15) is 30.6 Å². The van der Waals surface area contributed by atoms with Crippen molar-refractivity contribution in [3.8, 4) is 0 Å². The maximum Gasteiger partial charge on any atom is 0.252 e. The Bertz CT molecular complexity index is 339. The highest BCUT2D eigenvalue weighted by Crippen LogP contribution is 2.09. The summed E-state index contributed by atoms with van der Waals surface area (Å²) < 4.78 is 0.819. The molecule has 0 aliphatic heterocycles. The molecule has 0 atom stereocenters. The summed E-state index contributed by atoms with van der Waals surface area (Å²) in [6, 6.07) is 1.76. The van der Waals surface area contributed by atoms with Crippen molar-refractivity contribution in [2.24, 2.45) is 5.92 Å². The van der Waals surface area contributed by atoms with Crippen molar-refractivity contribution in [1.29, 1.82) is 0 Å². The van der Waals surface area contributed by atoms with Gasteiger partial charge in [-0.3, -0.25) is 9.78 Å². The van der Waals surface area contributed by atoms with Crippen molar-refractivity contribution in [2.45, 2.75) is 20.3 Å². The molecule has 1 amide bonds. The minimum absolute atomic E-state index is 0.0653. The first kappa shape index (κ1) is 12.2. The zero-order chi connectivity index (χ0) is 11.3. The molecule has 3 nitrogen and oxygen atoms in total. The van der Waals surface area contributed by atoms with Gasteiger partial charge in [-0.1, -0.05) is 13.8 Å². The summed E-state index contributed by atoms with van der Waals surface area (Å²) in [5.74, 6) is 0.537. The Kier molecular flexibility index (Phi) is 4.75. The summed E-state index contributed by atoms with van der Waals surface area (Å²) in [6.45, 7) is 4.97. The largest absolute Gasteiger partial charge is 0.352 e. The number of halogens is 1. The van der Waals surface area contributed by atoms with E-state index in [4.69, 9.17) is 0 Å². The number of carbonyl (C=O) groups excluding carboxylic acids is 1. The van der Waals surface area contributed by atoms with Crippen molar-refractivity contribution in [2.75, 3.05) is 6.54 Å². The Balaban J connectivity index is 2.47. The summed E-state index contributed by atoms with van der Waals surface area (Å²) in [7, 11) is 0. The second-order valence-corrected chi connectivity index (χ2v) is 4.75. The van der Waals surface area contributed by atoms with Gasteiger partial charge in [0.2, 0.25) is 0 Å². The van der Waals surface area contributed by atoms with Crippen LogP contribution in [0.15, 0.2) is 22.9 Å². The number of amides is 1. The van der Waals surface area contributed by atoms with E-state index in [1.165, 1.54) is 0 Å². The van der Waals surface area contributed by atoms with Crippen LogP contribution in [0.25, 0.3) is 0 Å². The van der Waals surface area contributed by atoms with Crippen LogP contribution in [0.4, 0.5) is 0 Å². The van der Waals surface area contributed by atoms with Gasteiger partial charge >= 0.3 is 0 Å². The van der Waals surface area contributed by atoms with Crippen LogP contribution < -0.4 is 5.32 Å². The molecule has 1 aromatic rings. The lowest BCUT2D eigenvalue weighted by molar-refractivity contribution is 0.0951. The molecule has 1 aromatic heterocycles. The molecule has 4 heteroatoms. The molecule has 0 saturated carbocycles. The summed E-state index contributed by atoms with van der Waals surface area (Å²) in [4.78, 5) is 15.5. The molecule has 0 aliphatic carbocycles. The van der Waals surface area contributed by atoms with Crippen LogP contribution in [0.3, 0.4) is 0 Å². The third-order valence-electron chi connectivity index (χ3n) is 1.97. The number of pyridine rings is 1. The van der Waals surface area contributed by atoms with Crippen LogP contribution in [0.2, 0.25) is 0 Å². The molecule has 0 fully saturated rings. The maximum absolute atomic E-state index is 11.6. The van der Waals surface area contributed by atoms with E-state index < -0.39 is 0 Å². The van der Waals surface area contributed by atoms with Crippen molar-refractivity contribution >= 4 is 21.8 Å². The van der Waals surface area contributed by atoms with Crippen LogP contribution in [-0.4, -0.2) is 17.4 Å². The Hall–Kier alpha value is -0.900. The lowest BCUT2D eigenvalue weighted by Crippen LogP contribution is -2.25. The monoisotopic (exact) mass is 270 g/mol. The highest BCUT2D eigenvalue weighted by Gasteiger charge is 2.05. The number of nitrogens with one attached hydrogen (secondary N) is 1. The van der Waals surface area contributed by atoms with Gasteiger partial charge in [-0.2, -0.15) is 0 Å². The fourth-order valence-corrected chi connectivity index (χ4v) is 1.48. The van der Waals surface area contributed by atoms with Gasteiger partial charge in [-0.05, 0) is 34.3 Å². The molecule has 82 valence electrons. The van der Waals surface area contributed by atoms with Gasteiger partial charge in [0.25, 0.3) is 5.91 Å². The summed E-state index contributed by atoms with van der Waals surface area (Å²) in [5, 5.41) is 2.86. The Morgan fingerprint density at radius 2 is 2.27 bits per heavy atom. The fraction of sp³-hybridized carbons (Fsp3) is 0.455. The molecule has 1 N–H and O–H groups in total. The van der Waals surface area contributed by atoms with E-state index in [-0.39, 0.29) is 5.91 Å². The van der Waals surface area contributed by atoms with Gasteiger partial charge < -0.3 is 5.32 Å². The summed E-state index contributed by atoms with van der Waals surface area (Å²) in [5.41, 5.74) is 0.591. The van der Waals surface area contributed by atoms with E-state index in [0.29, 0.717) is 18.0 Å². The number of nitrogens with zero attached hydrogens (tertiary/aromatic N) is 1. The predicted molar refractivity (Wildman–Crippen MR) is 63.7 cm³/mol. The molecule has 1 heterocycles. The van der Waals surface area contributed by atoms with Crippen molar-refractivity contribution in [1.82, 2.24) is 10.3 Å². The van der Waals surface area contributed by atoms with E-state index in [2.05, 4.69) is 40.1 Å². The SMILES string of the molecule is CC(C)CCNC(=O)c1cncc(Br)c1. The van der Waals surface area contributed by atoms with Gasteiger partial charge in [0.15, 0.2) is 0 Å². The molecule has 15 heavy (non-hydrogen) atoms. The van der Waals surface area contributed by atoms with Gasteiger partial charge in [0.1, 0.15) is 0 Å². The number of hydrogen-bond donors (Lipinski definition) is 1. The highest BCUT2D eigenvalue weighted by molar-refractivity contribution is 9.10. The molecule has 0 bridgehead atoms. The Labute approximate surface area is 98.4 Å². The first-order valence-electron chi connectivity index (χ1n) is 4.98. The van der Waals surface area contributed by atoms with Gasteiger partial charge in [0.05, 0.1) is 5.56 Å². The van der Waals surface area contributed by atoms with E-state index in [1.807, 2.05) is 0 Å². The molecule has 0 aliphatic rings. The zero-order valence-electron chi connectivity index (χ0n) is 8.96. The van der Waals surface area contributed by atoms with E-state index in [0.717, 1.165) is 10.9 Å². The fourth-order valence-electron chi connectivity index (χ4n) is 1.11. The molecule has 1 rings (SSSR count). The first-order valence-corrected chi connectivity index (χ1v) is 5.77. The second kappa shape index (κ2) is 5.85. The molecule has 0 radical (unpaired) electrons. The molecule has 0 unspecified atom stereocenters. The summed E-state index contributed by atoms with van der Waals surface area (Å²) >= 11 is 3.28. The molecule has 0 spiro atoms.